The van der Waals surface area contributed by atoms with E-state index in [0.29, 0.717) is 35.1 Å². The molecule has 6 nitrogen and oxygen atoms in total. The molecule has 1 saturated heterocycles. The molecule has 0 aliphatic carbocycles. The second-order valence-electron chi connectivity index (χ2n) is 10.7. The van der Waals surface area contributed by atoms with E-state index < -0.39 is 11.5 Å². The molecule has 0 radical (unpaired) electrons. The summed E-state index contributed by atoms with van der Waals surface area (Å²) in [6.45, 7) is 6.20. The topological polar surface area (TPSA) is 61.9 Å². The van der Waals surface area contributed by atoms with Crippen molar-refractivity contribution < 1.29 is 14.3 Å². The summed E-state index contributed by atoms with van der Waals surface area (Å²) >= 11 is 12.8. The molecule has 2 unspecified atom stereocenters. The molecule has 2 amide bonds. The maximum atomic E-state index is 12.9. The van der Waals surface area contributed by atoms with Crippen molar-refractivity contribution in [2.45, 2.75) is 51.0 Å². The number of nitrogens with one attached hydrogen (secondary N) is 1. The molecule has 0 aromatic heterocycles. The highest BCUT2D eigenvalue weighted by Crippen LogP contribution is 2.46. The predicted octanol–water partition coefficient (Wildman–Crippen LogP) is 8.31. The van der Waals surface area contributed by atoms with Crippen LogP contribution in [0, 0.1) is 0 Å². The summed E-state index contributed by atoms with van der Waals surface area (Å²) in [7, 11) is 1.85. The zero-order chi connectivity index (χ0) is 29.4. The summed E-state index contributed by atoms with van der Waals surface area (Å²) in [6.07, 6.45) is 3.07. The van der Waals surface area contributed by atoms with Gasteiger partial charge in [0.1, 0.15) is 6.61 Å². The number of carbonyl (C=O) groups is 2. The minimum Gasteiger partial charge on any atom is -0.449 e. The average molecular weight is 633 g/mol. The maximum Gasteiger partial charge on any atom is 0.407 e. The van der Waals surface area contributed by atoms with Crippen LogP contribution in [0.1, 0.15) is 67.1 Å². The first-order valence-electron chi connectivity index (χ1n) is 14.3. The first kappa shape index (κ1) is 33.6. The second-order valence-corrected chi connectivity index (χ2v) is 11.5. The zero-order valence-electron chi connectivity index (χ0n) is 24.4. The molecule has 9 heteroatoms. The number of hydrogen-bond acceptors (Lipinski definition) is 4. The molecule has 1 fully saturated rings. The number of hydrogen-bond donors (Lipinski definition) is 1. The number of alkyl carbamates (subject to hydrolysis) is 1. The van der Waals surface area contributed by atoms with Crippen molar-refractivity contribution in [2.75, 3.05) is 38.2 Å². The molecule has 1 aliphatic heterocycles. The van der Waals surface area contributed by atoms with Gasteiger partial charge in [-0.05, 0) is 73.7 Å². The standard InChI is InChI=1S/C33H39Cl2N3O3.ClH/c1-4-6-19-37(3)31(39)24-12-15-27(16-13-24)38-20-18-33(23-41-32(40)36-5-2,26-10-8-7-9-11-26)22-30(38)25-14-17-28(34)29(35)21-25;/h7-17,21,30H,4-6,18-20,22-23H2,1-3H3,(H,36,40);1H. The van der Waals surface area contributed by atoms with E-state index in [1.807, 2.05) is 74.6 Å². The third-order valence-electron chi connectivity index (χ3n) is 7.95. The van der Waals surface area contributed by atoms with Crippen molar-refractivity contribution in [2.24, 2.45) is 0 Å². The van der Waals surface area contributed by atoms with Crippen LogP contribution in [0.15, 0.2) is 72.8 Å². The molecule has 4 rings (SSSR count). The number of anilines is 1. The molecule has 3 aromatic carbocycles. The molecule has 1 aliphatic rings. The monoisotopic (exact) mass is 631 g/mol. The van der Waals surface area contributed by atoms with Gasteiger partial charge in [-0.15, -0.1) is 12.4 Å². The number of unbranched alkanes of at least 4 members (excludes halogenated alkanes) is 1. The largest absolute Gasteiger partial charge is 0.449 e. The lowest BCUT2D eigenvalue weighted by Gasteiger charge is -2.48. The van der Waals surface area contributed by atoms with Crippen molar-refractivity contribution in [3.05, 3.63) is 99.5 Å². The second kappa shape index (κ2) is 15.5. The summed E-state index contributed by atoms with van der Waals surface area (Å²) in [4.78, 5) is 29.4. The van der Waals surface area contributed by atoms with Crippen molar-refractivity contribution in [1.82, 2.24) is 10.2 Å². The van der Waals surface area contributed by atoms with Crippen LogP contribution in [-0.4, -0.2) is 50.2 Å². The van der Waals surface area contributed by atoms with Gasteiger partial charge >= 0.3 is 6.09 Å². The first-order valence-corrected chi connectivity index (χ1v) is 15.1. The summed E-state index contributed by atoms with van der Waals surface area (Å²) in [5.74, 6) is 0.0234. The van der Waals surface area contributed by atoms with Crippen molar-refractivity contribution in [1.29, 1.82) is 0 Å². The molecule has 0 bridgehead atoms. The average Bonchev–Trinajstić information content (AvgIpc) is 3.00. The quantitative estimate of drug-likeness (QED) is 0.244. The van der Waals surface area contributed by atoms with Crippen molar-refractivity contribution in [3.63, 3.8) is 0 Å². The van der Waals surface area contributed by atoms with Gasteiger partial charge in [0.05, 0.1) is 16.1 Å². The molecular weight excluding hydrogens is 593 g/mol. The summed E-state index contributed by atoms with van der Waals surface area (Å²) < 4.78 is 5.78. The number of halogens is 3. The Morgan fingerprint density at radius 1 is 1.02 bits per heavy atom. The highest BCUT2D eigenvalue weighted by atomic mass is 35.5. The van der Waals surface area contributed by atoms with Crippen LogP contribution in [0.3, 0.4) is 0 Å². The number of benzene rings is 3. The highest BCUT2D eigenvalue weighted by Gasteiger charge is 2.43. The van der Waals surface area contributed by atoms with Crippen LogP contribution in [-0.2, 0) is 10.2 Å². The van der Waals surface area contributed by atoms with Gasteiger partial charge in [0.25, 0.3) is 5.91 Å². The lowest BCUT2D eigenvalue weighted by Crippen LogP contribution is -2.48. The SMILES string of the molecule is CCCCN(C)C(=O)c1ccc(N2CCC(COC(=O)NCC)(c3ccccc3)CC2c2ccc(Cl)c(Cl)c2)cc1.Cl. The molecular formula is C33H40Cl3N3O3. The number of carbonyl (C=O) groups excluding carboxylic acids is 2. The van der Waals surface area contributed by atoms with Gasteiger partial charge in [0.15, 0.2) is 0 Å². The van der Waals surface area contributed by atoms with E-state index in [-0.39, 0.29) is 31.0 Å². The fraction of sp³-hybridized carbons (Fsp3) is 0.394. The Morgan fingerprint density at radius 3 is 2.38 bits per heavy atom. The van der Waals surface area contributed by atoms with Gasteiger partial charge in [0, 0.05) is 43.3 Å². The van der Waals surface area contributed by atoms with Gasteiger partial charge in [0.2, 0.25) is 0 Å². The summed E-state index contributed by atoms with van der Waals surface area (Å²) in [5, 5.41) is 3.74. The molecule has 0 saturated carbocycles. The van der Waals surface area contributed by atoms with E-state index in [9.17, 15) is 9.59 Å². The van der Waals surface area contributed by atoms with Crippen LogP contribution < -0.4 is 10.2 Å². The van der Waals surface area contributed by atoms with Crippen LogP contribution in [0.2, 0.25) is 10.0 Å². The van der Waals surface area contributed by atoms with Gasteiger partial charge in [-0.1, -0.05) is 72.9 Å². The van der Waals surface area contributed by atoms with Crippen LogP contribution in [0.4, 0.5) is 10.5 Å². The third kappa shape index (κ3) is 7.91. The molecule has 0 spiro atoms. The molecule has 1 heterocycles. The lowest BCUT2D eigenvalue weighted by molar-refractivity contribution is 0.0793. The summed E-state index contributed by atoms with van der Waals surface area (Å²) in [6, 6.07) is 23.8. The normalized spacial score (nSPS) is 18.1. The predicted molar refractivity (Wildman–Crippen MR) is 174 cm³/mol. The van der Waals surface area contributed by atoms with Crippen molar-refractivity contribution >= 4 is 53.3 Å². The fourth-order valence-corrected chi connectivity index (χ4v) is 5.89. The minimum absolute atomic E-state index is 0. The molecule has 226 valence electrons. The van der Waals surface area contributed by atoms with E-state index in [4.69, 9.17) is 27.9 Å². The Labute approximate surface area is 265 Å². The van der Waals surface area contributed by atoms with Gasteiger partial charge in [-0.25, -0.2) is 4.79 Å². The number of ether oxygens (including phenoxy) is 1. The minimum atomic E-state index is -0.416. The van der Waals surface area contributed by atoms with Crippen LogP contribution in [0.25, 0.3) is 0 Å². The number of rotatable bonds is 10. The molecule has 3 aromatic rings. The number of amides is 2. The fourth-order valence-electron chi connectivity index (χ4n) is 5.58. The molecule has 2 atom stereocenters. The Hall–Kier alpha value is -2.93. The van der Waals surface area contributed by atoms with Gasteiger partial charge in [-0.2, -0.15) is 0 Å². The van der Waals surface area contributed by atoms with E-state index >= 15 is 0 Å². The number of nitrogens with zero attached hydrogens (tertiary/aromatic N) is 2. The Morgan fingerprint density at radius 2 is 1.74 bits per heavy atom. The molecule has 42 heavy (non-hydrogen) atoms. The van der Waals surface area contributed by atoms with E-state index in [1.54, 1.807) is 4.90 Å². The van der Waals surface area contributed by atoms with Gasteiger partial charge < -0.3 is 19.9 Å². The highest BCUT2D eigenvalue weighted by molar-refractivity contribution is 6.42. The van der Waals surface area contributed by atoms with E-state index in [1.165, 1.54) is 0 Å². The van der Waals surface area contributed by atoms with Crippen LogP contribution in [0.5, 0.6) is 0 Å². The first-order chi connectivity index (χ1) is 19.8. The smallest absolute Gasteiger partial charge is 0.407 e. The Kier molecular flexibility index (Phi) is 12.4. The third-order valence-corrected chi connectivity index (χ3v) is 8.69. The Bertz CT molecular complexity index is 1320. The van der Waals surface area contributed by atoms with Crippen molar-refractivity contribution in [3.8, 4) is 0 Å². The lowest BCUT2D eigenvalue weighted by atomic mass is 9.69. The maximum absolute atomic E-state index is 12.9. The Balaban J connectivity index is 0.00000484. The number of piperidine rings is 1. The zero-order valence-corrected chi connectivity index (χ0v) is 26.8. The van der Waals surface area contributed by atoms with Gasteiger partial charge in [-0.3, -0.25) is 4.79 Å². The van der Waals surface area contributed by atoms with E-state index in [0.717, 1.165) is 42.6 Å². The summed E-state index contributed by atoms with van der Waals surface area (Å²) in [5.41, 5.74) is 3.43. The van der Waals surface area contributed by atoms with E-state index in [2.05, 4.69) is 29.3 Å². The molecule has 1 N–H and O–H groups in total. The van der Waals surface area contributed by atoms with Crippen LogP contribution >= 0.6 is 35.6 Å².